The average Bonchev–Trinajstić information content (AvgIpc) is 3.30. The lowest BCUT2D eigenvalue weighted by Gasteiger charge is -2.27. The zero-order valence-corrected chi connectivity index (χ0v) is 17.7. The van der Waals surface area contributed by atoms with Crippen LogP contribution >= 0.6 is 0 Å². The SMILES string of the molecule is C[C@H](/C=C/CCO)[C@@]1(O)C(=O)N(Cc2ccc(N3CCCC3=O)cc2)c2ccccc21. The number of hydrogen-bond acceptors (Lipinski definition) is 4. The third-order valence-corrected chi connectivity index (χ3v) is 6.22. The molecule has 0 aliphatic carbocycles. The van der Waals surface area contributed by atoms with Gasteiger partial charge in [-0.1, -0.05) is 49.4 Å². The van der Waals surface area contributed by atoms with Crippen LogP contribution in [-0.4, -0.2) is 35.2 Å². The number of amides is 2. The fourth-order valence-electron chi connectivity index (χ4n) is 4.46. The maximum Gasteiger partial charge on any atom is 0.264 e. The van der Waals surface area contributed by atoms with Crippen LogP contribution < -0.4 is 9.80 Å². The van der Waals surface area contributed by atoms with E-state index < -0.39 is 11.5 Å². The molecule has 0 radical (unpaired) electrons. The van der Waals surface area contributed by atoms with Gasteiger partial charge in [0.05, 0.1) is 12.2 Å². The summed E-state index contributed by atoms with van der Waals surface area (Å²) >= 11 is 0. The number of fused-ring (bicyclic) bond motifs is 1. The molecule has 0 aromatic heterocycles. The number of nitrogens with zero attached hydrogens (tertiary/aromatic N) is 2. The first-order valence-electron chi connectivity index (χ1n) is 10.8. The molecule has 1 fully saturated rings. The Morgan fingerprint density at radius 2 is 1.87 bits per heavy atom. The van der Waals surface area contributed by atoms with E-state index >= 15 is 0 Å². The molecular weight excluding hydrogens is 392 g/mol. The molecule has 2 aliphatic heterocycles. The molecule has 2 aromatic carbocycles. The maximum atomic E-state index is 13.4. The molecule has 6 heteroatoms. The van der Waals surface area contributed by atoms with Crippen molar-refractivity contribution in [2.75, 3.05) is 23.0 Å². The smallest absolute Gasteiger partial charge is 0.264 e. The van der Waals surface area contributed by atoms with E-state index in [-0.39, 0.29) is 18.4 Å². The molecule has 6 nitrogen and oxygen atoms in total. The van der Waals surface area contributed by atoms with E-state index in [1.807, 2.05) is 49.4 Å². The van der Waals surface area contributed by atoms with Crippen molar-refractivity contribution in [1.82, 2.24) is 0 Å². The highest BCUT2D eigenvalue weighted by atomic mass is 16.3. The zero-order chi connectivity index (χ0) is 22.0. The van der Waals surface area contributed by atoms with E-state index in [4.69, 9.17) is 5.11 Å². The Morgan fingerprint density at radius 3 is 2.55 bits per heavy atom. The molecule has 162 valence electrons. The predicted octanol–water partition coefficient (Wildman–Crippen LogP) is 3.12. The second-order valence-corrected chi connectivity index (χ2v) is 8.22. The number of carbonyl (C=O) groups excluding carboxylic acids is 2. The molecule has 2 aliphatic rings. The van der Waals surface area contributed by atoms with E-state index in [2.05, 4.69) is 0 Å². The Labute approximate surface area is 182 Å². The molecule has 2 atom stereocenters. The van der Waals surface area contributed by atoms with E-state index in [9.17, 15) is 14.7 Å². The van der Waals surface area contributed by atoms with Gasteiger partial charge in [0.1, 0.15) is 0 Å². The zero-order valence-electron chi connectivity index (χ0n) is 17.7. The molecule has 4 rings (SSSR count). The molecule has 0 spiro atoms. The van der Waals surface area contributed by atoms with Gasteiger partial charge < -0.3 is 20.0 Å². The molecule has 1 saturated heterocycles. The Hall–Kier alpha value is -2.96. The topological polar surface area (TPSA) is 81.1 Å². The third kappa shape index (κ3) is 3.77. The predicted molar refractivity (Wildman–Crippen MR) is 120 cm³/mol. The van der Waals surface area contributed by atoms with Crippen LogP contribution in [0.3, 0.4) is 0 Å². The quantitative estimate of drug-likeness (QED) is 0.675. The van der Waals surface area contributed by atoms with Crippen LogP contribution in [0, 0.1) is 5.92 Å². The van der Waals surface area contributed by atoms with Crippen LogP contribution in [0.5, 0.6) is 0 Å². The summed E-state index contributed by atoms with van der Waals surface area (Å²) in [6.45, 7) is 2.91. The largest absolute Gasteiger partial charge is 0.396 e. The average molecular weight is 421 g/mol. The molecule has 0 saturated carbocycles. The van der Waals surface area contributed by atoms with Crippen LogP contribution in [0.4, 0.5) is 11.4 Å². The Morgan fingerprint density at radius 1 is 1.13 bits per heavy atom. The minimum absolute atomic E-state index is 0.0251. The van der Waals surface area contributed by atoms with Crippen LogP contribution in [0.2, 0.25) is 0 Å². The molecule has 2 N–H and O–H groups in total. The molecule has 31 heavy (non-hydrogen) atoms. The monoisotopic (exact) mass is 420 g/mol. The highest BCUT2D eigenvalue weighted by molar-refractivity contribution is 6.07. The highest BCUT2D eigenvalue weighted by Crippen LogP contribution is 2.45. The fraction of sp³-hybridized carbons (Fsp3) is 0.360. The summed E-state index contributed by atoms with van der Waals surface area (Å²) < 4.78 is 0. The number of rotatable bonds is 7. The lowest BCUT2D eigenvalue weighted by molar-refractivity contribution is -0.139. The Kier molecular flexibility index (Phi) is 5.94. The van der Waals surface area contributed by atoms with Crippen molar-refractivity contribution in [3.8, 4) is 0 Å². The number of carbonyl (C=O) groups is 2. The first kappa shape index (κ1) is 21.3. The number of aliphatic hydroxyl groups excluding tert-OH is 1. The second-order valence-electron chi connectivity index (χ2n) is 8.22. The van der Waals surface area contributed by atoms with Crippen molar-refractivity contribution in [1.29, 1.82) is 0 Å². The van der Waals surface area contributed by atoms with E-state index in [1.165, 1.54) is 0 Å². The van der Waals surface area contributed by atoms with Gasteiger partial charge in [-0.15, -0.1) is 0 Å². The first-order valence-corrected chi connectivity index (χ1v) is 10.8. The van der Waals surface area contributed by atoms with Gasteiger partial charge in [-0.3, -0.25) is 9.59 Å². The summed E-state index contributed by atoms with van der Waals surface area (Å²) in [6, 6.07) is 15.0. The molecule has 2 aromatic rings. The summed E-state index contributed by atoms with van der Waals surface area (Å²) in [6.07, 6.45) is 5.52. The van der Waals surface area contributed by atoms with Crippen molar-refractivity contribution in [3.63, 3.8) is 0 Å². The maximum absolute atomic E-state index is 13.4. The van der Waals surface area contributed by atoms with E-state index in [1.54, 1.807) is 28.0 Å². The number of anilines is 2. The Balaban J connectivity index is 1.59. The van der Waals surface area contributed by atoms with Crippen molar-refractivity contribution in [2.45, 2.75) is 38.3 Å². The highest BCUT2D eigenvalue weighted by Gasteiger charge is 2.52. The van der Waals surface area contributed by atoms with Crippen LogP contribution in [0.1, 0.15) is 37.3 Å². The summed E-state index contributed by atoms with van der Waals surface area (Å²) in [5, 5.41) is 20.5. The molecule has 2 heterocycles. The van der Waals surface area contributed by atoms with Crippen molar-refractivity contribution < 1.29 is 19.8 Å². The van der Waals surface area contributed by atoms with Crippen molar-refractivity contribution in [3.05, 3.63) is 71.8 Å². The molecule has 0 bridgehead atoms. The minimum Gasteiger partial charge on any atom is -0.396 e. The number of aliphatic hydroxyl groups is 2. The number of hydrogen-bond donors (Lipinski definition) is 2. The van der Waals surface area contributed by atoms with Gasteiger partial charge in [0, 0.05) is 36.7 Å². The minimum atomic E-state index is -1.65. The molecule has 0 unspecified atom stereocenters. The molecule has 2 amide bonds. The third-order valence-electron chi connectivity index (χ3n) is 6.22. The lowest BCUT2D eigenvalue weighted by atomic mass is 9.83. The summed E-state index contributed by atoms with van der Waals surface area (Å²) in [7, 11) is 0. The van der Waals surface area contributed by atoms with Gasteiger partial charge in [-0.25, -0.2) is 0 Å². The number of benzene rings is 2. The van der Waals surface area contributed by atoms with Gasteiger partial charge in [-0.05, 0) is 36.6 Å². The summed E-state index contributed by atoms with van der Waals surface area (Å²) in [5.41, 5.74) is 1.45. The second kappa shape index (κ2) is 8.65. The first-order chi connectivity index (χ1) is 15.0. The number of para-hydroxylation sites is 1. The van der Waals surface area contributed by atoms with Gasteiger partial charge in [0.25, 0.3) is 5.91 Å². The standard InChI is InChI=1S/C25H28N2O4/c1-18(7-4-5-16-28)25(31)21-8-2-3-9-22(21)27(24(25)30)17-19-11-13-20(14-12-19)26-15-6-10-23(26)29/h2-4,7-9,11-14,18,28,31H,5-6,10,15-17H2,1H3/b7-4+/t18-,25+/m1/s1. The Bertz CT molecular complexity index is 1000. The van der Waals surface area contributed by atoms with Crippen molar-refractivity contribution in [2.24, 2.45) is 5.92 Å². The normalized spacial score (nSPS) is 21.9. The van der Waals surface area contributed by atoms with E-state index in [0.29, 0.717) is 30.6 Å². The lowest BCUT2D eigenvalue weighted by Crippen LogP contribution is -2.44. The van der Waals surface area contributed by atoms with Gasteiger partial charge >= 0.3 is 0 Å². The van der Waals surface area contributed by atoms with Gasteiger partial charge in [0.2, 0.25) is 5.91 Å². The van der Waals surface area contributed by atoms with Gasteiger partial charge in [0.15, 0.2) is 5.60 Å². The van der Waals surface area contributed by atoms with Crippen LogP contribution in [0.15, 0.2) is 60.7 Å². The van der Waals surface area contributed by atoms with Gasteiger partial charge in [-0.2, -0.15) is 0 Å². The van der Waals surface area contributed by atoms with Crippen molar-refractivity contribution >= 4 is 23.2 Å². The van der Waals surface area contributed by atoms with E-state index in [0.717, 1.165) is 24.2 Å². The van der Waals surface area contributed by atoms with Crippen LogP contribution in [-0.2, 0) is 21.7 Å². The molecular formula is C25H28N2O4. The fourth-order valence-corrected chi connectivity index (χ4v) is 4.46. The summed E-state index contributed by atoms with van der Waals surface area (Å²) in [4.78, 5) is 28.8. The summed E-state index contributed by atoms with van der Waals surface area (Å²) in [5.74, 6) is -0.653. The van der Waals surface area contributed by atoms with Crippen LogP contribution in [0.25, 0.3) is 0 Å².